The third-order valence-corrected chi connectivity index (χ3v) is 3.54. The van der Waals surface area contributed by atoms with Gasteiger partial charge in [-0.1, -0.05) is 23.2 Å². The van der Waals surface area contributed by atoms with Crippen LogP contribution in [0.3, 0.4) is 0 Å². The van der Waals surface area contributed by atoms with Crippen LogP contribution in [0.25, 0.3) is 0 Å². The number of hydrogen-bond donors (Lipinski definition) is 1. The summed E-state index contributed by atoms with van der Waals surface area (Å²) in [5.41, 5.74) is -0.396. The zero-order valence-electron chi connectivity index (χ0n) is 8.90. The summed E-state index contributed by atoms with van der Waals surface area (Å²) in [6, 6.07) is 5.19. The first-order valence-corrected chi connectivity index (χ1v) is 6.18. The van der Waals surface area contributed by atoms with Crippen LogP contribution in [0.15, 0.2) is 18.2 Å². The van der Waals surface area contributed by atoms with Crippen molar-refractivity contribution in [1.29, 1.82) is 0 Å². The van der Waals surface area contributed by atoms with Crippen LogP contribution in [0.2, 0.25) is 10.0 Å². The van der Waals surface area contributed by atoms with Crippen molar-refractivity contribution in [1.82, 2.24) is 5.32 Å². The van der Waals surface area contributed by atoms with Gasteiger partial charge < -0.3 is 5.32 Å². The molecule has 88 valence electrons. The first-order valence-electron chi connectivity index (χ1n) is 5.43. The van der Waals surface area contributed by atoms with E-state index in [1.165, 1.54) is 0 Å². The van der Waals surface area contributed by atoms with Gasteiger partial charge in [0.25, 0.3) is 0 Å². The first kappa shape index (κ1) is 12.2. The van der Waals surface area contributed by atoms with Crippen LogP contribution < -0.4 is 5.32 Å². The highest BCUT2D eigenvalue weighted by atomic mass is 35.5. The van der Waals surface area contributed by atoms with Gasteiger partial charge in [0.15, 0.2) is 0 Å². The molecule has 0 saturated carbocycles. The summed E-state index contributed by atoms with van der Waals surface area (Å²) < 4.78 is 14.4. The van der Waals surface area contributed by atoms with E-state index in [0.29, 0.717) is 29.4 Å². The van der Waals surface area contributed by atoms with Crippen molar-refractivity contribution in [2.45, 2.75) is 24.9 Å². The molecule has 1 fully saturated rings. The Morgan fingerprint density at radius 2 is 2.19 bits per heavy atom. The molecular formula is C12H14Cl2FN. The van der Waals surface area contributed by atoms with Crippen LogP contribution >= 0.6 is 23.2 Å². The van der Waals surface area contributed by atoms with Gasteiger partial charge in [0, 0.05) is 23.0 Å². The predicted octanol–water partition coefficient (Wildman–Crippen LogP) is 3.63. The van der Waals surface area contributed by atoms with Crippen LogP contribution in [0.4, 0.5) is 4.39 Å². The van der Waals surface area contributed by atoms with Crippen LogP contribution in [0.5, 0.6) is 0 Å². The number of halogens is 3. The molecule has 0 aliphatic carbocycles. The second-order valence-corrected chi connectivity index (χ2v) is 5.19. The molecule has 1 atom stereocenters. The van der Waals surface area contributed by atoms with Gasteiger partial charge in [0.05, 0.1) is 0 Å². The van der Waals surface area contributed by atoms with E-state index in [1.54, 1.807) is 18.2 Å². The first-order chi connectivity index (χ1) is 7.59. The Bertz CT molecular complexity index is 375. The lowest BCUT2D eigenvalue weighted by atomic mass is 9.89. The maximum atomic E-state index is 14.4. The van der Waals surface area contributed by atoms with E-state index in [1.807, 2.05) is 0 Å². The summed E-state index contributed by atoms with van der Waals surface area (Å²) in [5.74, 6) is 0. The fourth-order valence-electron chi connectivity index (χ4n) is 2.10. The molecular weight excluding hydrogens is 248 g/mol. The van der Waals surface area contributed by atoms with Crippen LogP contribution in [-0.2, 0) is 6.42 Å². The molecule has 1 nitrogen and oxygen atoms in total. The van der Waals surface area contributed by atoms with E-state index in [4.69, 9.17) is 23.2 Å². The van der Waals surface area contributed by atoms with Crippen molar-refractivity contribution in [3.63, 3.8) is 0 Å². The highest BCUT2D eigenvalue weighted by molar-refractivity contribution is 6.33. The molecule has 1 unspecified atom stereocenters. The van der Waals surface area contributed by atoms with Gasteiger partial charge in [-0.15, -0.1) is 0 Å². The molecule has 0 amide bonds. The van der Waals surface area contributed by atoms with E-state index in [2.05, 4.69) is 5.32 Å². The largest absolute Gasteiger partial charge is 0.314 e. The maximum absolute atomic E-state index is 14.4. The Hall–Kier alpha value is -0.310. The second kappa shape index (κ2) is 4.91. The zero-order valence-corrected chi connectivity index (χ0v) is 10.4. The lowest BCUT2D eigenvalue weighted by Crippen LogP contribution is -2.43. The van der Waals surface area contributed by atoms with Crippen molar-refractivity contribution in [2.75, 3.05) is 13.1 Å². The molecule has 0 spiro atoms. The standard InChI is InChI=1S/C12H14Cl2FN/c13-10-2-3-11(14)9(6-10)7-12(15)4-1-5-16-8-12/h2-3,6,16H,1,4-5,7-8H2. The molecule has 1 aliphatic heterocycles. The molecule has 1 aromatic rings. The maximum Gasteiger partial charge on any atom is 0.127 e. The average Bonchev–Trinajstić information content (AvgIpc) is 2.24. The van der Waals surface area contributed by atoms with Crippen molar-refractivity contribution in [3.05, 3.63) is 33.8 Å². The molecule has 1 saturated heterocycles. The van der Waals surface area contributed by atoms with Gasteiger partial charge in [-0.25, -0.2) is 4.39 Å². The molecule has 4 heteroatoms. The van der Waals surface area contributed by atoms with Gasteiger partial charge in [0.2, 0.25) is 0 Å². The Morgan fingerprint density at radius 1 is 1.38 bits per heavy atom. The van der Waals surface area contributed by atoms with E-state index >= 15 is 0 Å². The molecule has 2 rings (SSSR count). The molecule has 1 N–H and O–H groups in total. The number of rotatable bonds is 2. The second-order valence-electron chi connectivity index (χ2n) is 4.34. The SMILES string of the molecule is FC1(Cc2cc(Cl)ccc2Cl)CCCNC1. The summed E-state index contributed by atoms with van der Waals surface area (Å²) in [7, 11) is 0. The number of piperidine rings is 1. The predicted molar refractivity (Wildman–Crippen MR) is 66.1 cm³/mol. The summed E-state index contributed by atoms with van der Waals surface area (Å²) in [6.45, 7) is 1.30. The summed E-state index contributed by atoms with van der Waals surface area (Å²) in [4.78, 5) is 0. The third-order valence-electron chi connectivity index (χ3n) is 2.94. The average molecular weight is 262 g/mol. The van der Waals surface area contributed by atoms with Crippen molar-refractivity contribution in [2.24, 2.45) is 0 Å². The molecule has 0 radical (unpaired) electrons. The highest BCUT2D eigenvalue weighted by Crippen LogP contribution is 2.30. The summed E-state index contributed by atoms with van der Waals surface area (Å²) in [5, 5.41) is 4.27. The highest BCUT2D eigenvalue weighted by Gasteiger charge is 2.32. The molecule has 1 aromatic carbocycles. The molecule has 1 aliphatic rings. The smallest absolute Gasteiger partial charge is 0.127 e. The summed E-state index contributed by atoms with van der Waals surface area (Å²) >= 11 is 11.9. The van der Waals surface area contributed by atoms with Crippen molar-refractivity contribution in [3.8, 4) is 0 Å². The number of hydrogen-bond acceptors (Lipinski definition) is 1. The lowest BCUT2D eigenvalue weighted by molar-refractivity contribution is 0.122. The van der Waals surface area contributed by atoms with Gasteiger partial charge >= 0.3 is 0 Å². The Morgan fingerprint density at radius 3 is 2.88 bits per heavy atom. The number of nitrogens with one attached hydrogen (secondary N) is 1. The monoisotopic (exact) mass is 261 g/mol. The zero-order chi connectivity index (χ0) is 11.6. The van der Waals surface area contributed by atoms with E-state index in [9.17, 15) is 4.39 Å². The van der Waals surface area contributed by atoms with Crippen molar-refractivity contribution >= 4 is 23.2 Å². The Kier molecular flexibility index (Phi) is 3.73. The quantitative estimate of drug-likeness (QED) is 0.858. The van der Waals surface area contributed by atoms with E-state index in [-0.39, 0.29) is 0 Å². The minimum absolute atomic E-state index is 0.333. The molecule has 0 bridgehead atoms. The normalized spacial score (nSPS) is 25.7. The fraction of sp³-hybridized carbons (Fsp3) is 0.500. The van der Waals surface area contributed by atoms with E-state index < -0.39 is 5.67 Å². The minimum atomic E-state index is -1.19. The Balaban J connectivity index is 2.15. The fourth-order valence-corrected chi connectivity index (χ4v) is 2.48. The van der Waals surface area contributed by atoms with Crippen LogP contribution in [0.1, 0.15) is 18.4 Å². The molecule has 0 aromatic heterocycles. The molecule has 16 heavy (non-hydrogen) atoms. The van der Waals surface area contributed by atoms with Gasteiger partial charge in [0.1, 0.15) is 5.67 Å². The number of alkyl halides is 1. The van der Waals surface area contributed by atoms with Crippen LogP contribution in [-0.4, -0.2) is 18.8 Å². The number of benzene rings is 1. The minimum Gasteiger partial charge on any atom is -0.314 e. The Labute approximate surface area is 105 Å². The van der Waals surface area contributed by atoms with Crippen molar-refractivity contribution < 1.29 is 4.39 Å². The van der Waals surface area contributed by atoms with Gasteiger partial charge in [-0.3, -0.25) is 0 Å². The van der Waals surface area contributed by atoms with Gasteiger partial charge in [-0.2, -0.15) is 0 Å². The topological polar surface area (TPSA) is 12.0 Å². The summed E-state index contributed by atoms with van der Waals surface area (Å²) in [6.07, 6.45) is 1.79. The van der Waals surface area contributed by atoms with Crippen LogP contribution in [0, 0.1) is 0 Å². The van der Waals surface area contributed by atoms with Gasteiger partial charge in [-0.05, 0) is 43.1 Å². The third kappa shape index (κ3) is 2.88. The lowest BCUT2D eigenvalue weighted by Gasteiger charge is -2.30. The molecule has 1 heterocycles. The van der Waals surface area contributed by atoms with E-state index in [0.717, 1.165) is 18.5 Å².